The van der Waals surface area contributed by atoms with Gasteiger partial charge in [-0.15, -0.1) is 0 Å². The van der Waals surface area contributed by atoms with E-state index >= 15 is 0 Å². The van der Waals surface area contributed by atoms with E-state index in [1.807, 2.05) is 0 Å². The van der Waals surface area contributed by atoms with Crippen LogP contribution in [-0.2, 0) is 4.74 Å². The highest BCUT2D eigenvalue weighted by molar-refractivity contribution is 5.67. The van der Waals surface area contributed by atoms with Gasteiger partial charge in [0.2, 0.25) is 0 Å². The molecular weight excluding hydrogens is 194 g/mol. The third-order valence-corrected chi connectivity index (χ3v) is 2.87. The monoisotopic (exact) mass is 215 g/mol. The number of aliphatic hydroxyl groups is 1. The van der Waals surface area contributed by atoms with E-state index in [2.05, 4.69) is 5.32 Å². The number of ether oxygens (including phenoxy) is 1. The van der Waals surface area contributed by atoms with Crippen LogP contribution in [0.1, 0.15) is 45.4 Å². The Balaban J connectivity index is 2.30. The topological polar surface area (TPSA) is 58.6 Å². The number of hydrogen-bond donors (Lipinski definition) is 2. The summed E-state index contributed by atoms with van der Waals surface area (Å²) in [5, 5.41) is 12.8. The van der Waals surface area contributed by atoms with E-state index in [1.165, 1.54) is 12.8 Å². The molecule has 0 heterocycles. The quantitative estimate of drug-likeness (QED) is 0.706. The first-order valence-electron chi connectivity index (χ1n) is 5.79. The molecule has 0 spiro atoms. The zero-order valence-corrected chi connectivity index (χ0v) is 9.42. The van der Waals surface area contributed by atoms with Gasteiger partial charge in [0, 0.05) is 6.54 Å². The van der Waals surface area contributed by atoms with E-state index < -0.39 is 11.7 Å². The molecule has 0 bridgehead atoms. The Morgan fingerprint density at radius 3 is 2.47 bits per heavy atom. The molecule has 0 saturated heterocycles. The van der Waals surface area contributed by atoms with Crippen LogP contribution in [0.4, 0.5) is 4.79 Å². The normalized spacial score (nSPS) is 20.4. The largest absolute Gasteiger partial charge is 0.450 e. The molecule has 0 aromatic rings. The lowest BCUT2D eigenvalue weighted by molar-refractivity contribution is 0.0242. The Morgan fingerprint density at radius 2 is 1.93 bits per heavy atom. The summed E-state index contributed by atoms with van der Waals surface area (Å²) in [6.45, 7) is 2.44. The Morgan fingerprint density at radius 1 is 1.33 bits per heavy atom. The second kappa shape index (κ2) is 5.95. The standard InChI is InChI=1S/C11H21NO3/c1-2-15-10(13)12-9-11(14)7-5-3-4-6-8-11/h14H,2-9H2,1H3,(H,12,13). The fourth-order valence-electron chi connectivity index (χ4n) is 1.98. The van der Waals surface area contributed by atoms with Crippen LogP contribution in [0.2, 0.25) is 0 Å². The van der Waals surface area contributed by atoms with Gasteiger partial charge in [0.05, 0.1) is 12.2 Å². The number of carbonyl (C=O) groups excluding carboxylic acids is 1. The molecule has 4 heteroatoms. The first-order chi connectivity index (χ1) is 7.16. The molecule has 1 aliphatic rings. The van der Waals surface area contributed by atoms with Crippen molar-refractivity contribution in [1.82, 2.24) is 5.32 Å². The molecule has 88 valence electrons. The van der Waals surface area contributed by atoms with Crippen LogP contribution >= 0.6 is 0 Å². The summed E-state index contributed by atoms with van der Waals surface area (Å²) >= 11 is 0. The summed E-state index contributed by atoms with van der Waals surface area (Å²) in [5.41, 5.74) is -0.719. The van der Waals surface area contributed by atoms with Gasteiger partial charge in [0.25, 0.3) is 0 Å². The predicted molar refractivity (Wildman–Crippen MR) is 57.7 cm³/mol. The summed E-state index contributed by atoms with van der Waals surface area (Å²) in [7, 11) is 0. The van der Waals surface area contributed by atoms with E-state index in [0.29, 0.717) is 13.2 Å². The van der Waals surface area contributed by atoms with Gasteiger partial charge in [0.15, 0.2) is 0 Å². The number of hydrogen-bond acceptors (Lipinski definition) is 3. The van der Waals surface area contributed by atoms with Gasteiger partial charge >= 0.3 is 6.09 Å². The van der Waals surface area contributed by atoms with Crippen LogP contribution in [0.15, 0.2) is 0 Å². The zero-order valence-electron chi connectivity index (χ0n) is 9.42. The predicted octanol–water partition coefficient (Wildman–Crippen LogP) is 1.82. The highest BCUT2D eigenvalue weighted by Gasteiger charge is 2.28. The maximum Gasteiger partial charge on any atom is 0.407 e. The van der Waals surface area contributed by atoms with Crippen LogP contribution in [0.3, 0.4) is 0 Å². The van der Waals surface area contributed by atoms with Crippen molar-refractivity contribution in [3.05, 3.63) is 0 Å². The fraction of sp³-hybridized carbons (Fsp3) is 0.909. The molecule has 0 aromatic carbocycles. The average molecular weight is 215 g/mol. The lowest BCUT2D eigenvalue weighted by Crippen LogP contribution is -2.42. The summed E-state index contributed by atoms with van der Waals surface area (Å²) < 4.78 is 4.75. The first kappa shape index (κ1) is 12.3. The molecule has 0 unspecified atom stereocenters. The number of amides is 1. The molecule has 0 aliphatic heterocycles. The highest BCUT2D eigenvalue weighted by Crippen LogP contribution is 2.26. The zero-order chi connectivity index (χ0) is 11.1. The van der Waals surface area contributed by atoms with Gasteiger partial charge in [-0.3, -0.25) is 0 Å². The van der Waals surface area contributed by atoms with Gasteiger partial charge in [-0.05, 0) is 19.8 Å². The Kier molecular flexibility index (Phi) is 4.88. The number of nitrogens with one attached hydrogen (secondary N) is 1. The lowest BCUT2D eigenvalue weighted by atomic mass is 9.95. The highest BCUT2D eigenvalue weighted by atomic mass is 16.5. The molecule has 0 atom stereocenters. The Hall–Kier alpha value is -0.770. The maximum absolute atomic E-state index is 11.1. The Bertz CT molecular complexity index is 198. The smallest absolute Gasteiger partial charge is 0.407 e. The van der Waals surface area contributed by atoms with Crippen molar-refractivity contribution in [2.24, 2.45) is 0 Å². The van der Waals surface area contributed by atoms with Gasteiger partial charge in [0.1, 0.15) is 0 Å². The van der Waals surface area contributed by atoms with E-state index in [1.54, 1.807) is 6.92 Å². The summed E-state index contributed by atoms with van der Waals surface area (Å²) in [6.07, 6.45) is 5.57. The number of carbonyl (C=O) groups is 1. The SMILES string of the molecule is CCOC(=O)NCC1(O)CCCCCC1. The van der Waals surface area contributed by atoms with Crippen LogP contribution < -0.4 is 5.32 Å². The molecular formula is C11H21NO3. The second-order valence-corrected chi connectivity index (χ2v) is 4.21. The molecule has 0 aromatic heterocycles. The fourth-order valence-corrected chi connectivity index (χ4v) is 1.98. The van der Waals surface area contributed by atoms with Gasteiger partial charge < -0.3 is 15.2 Å². The molecule has 2 N–H and O–H groups in total. The van der Waals surface area contributed by atoms with Crippen LogP contribution in [0, 0.1) is 0 Å². The maximum atomic E-state index is 11.1. The molecule has 0 radical (unpaired) electrons. The third kappa shape index (κ3) is 4.51. The number of alkyl carbamates (subject to hydrolysis) is 1. The minimum absolute atomic E-state index is 0.311. The van der Waals surface area contributed by atoms with Crippen LogP contribution in [0.25, 0.3) is 0 Å². The van der Waals surface area contributed by atoms with Gasteiger partial charge in [-0.2, -0.15) is 0 Å². The molecule has 1 saturated carbocycles. The number of rotatable bonds is 3. The van der Waals surface area contributed by atoms with Crippen LogP contribution in [0.5, 0.6) is 0 Å². The summed E-state index contributed by atoms with van der Waals surface area (Å²) in [6, 6.07) is 0. The molecule has 1 aliphatic carbocycles. The first-order valence-corrected chi connectivity index (χ1v) is 5.79. The summed E-state index contributed by atoms with van der Waals surface area (Å²) in [4.78, 5) is 11.1. The molecule has 1 fully saturated rings. The molecule has 1 rings (SSSR count). The van der Waals surface area contributed by atoms with Crippen molar-refractivity contribution in [3.63, 3.8) is 0 Å². The van der Waals surface area contributed by atoms with Gasteiger partial charge in [-0.25, -0.2) is 4.79 Å². The van der Waals surface area contributed by atoms with Crippen molar-refractivity contribution in [2.45, 2.75) is 51.0 Å². The van der Waals surface area contributed by atoms with E-state index in [-0.39, 0.29) is 0 Å². The summed E-state index contributed by atoms with van der Waals surface area (Å²) in [5.74, 6) is 0. The molecule has 1 amide bonds. The van der Waals surface area contributed by atoms with Crippen LogP contribution in [-0.4, -0.2) is 30.0 Å². The van der Waals surface area contributed by atoms with Gasteiger partial charge in [-0.1, -0.05) is 25.7 Å². The Labute approximate surface area is 91.0 Å². The minimum atomic E-state index is -0.719. The van der Waals surface area contributed by atoms with Crippen molar-refractivity contribution in [2.75, 3.05) is 13.2 Å². The molecule has 15 heavy (non-hydrogen) atoms. The van der Waals surface area contributed by atoms with Crippen molar-refractivity contribution in [3.8, 4) is 0 Å². The average Bonchev–Trinajstić information content (AvgIpc) is 2.42. The second-order valence-electron chi connectivity index (χ2n) is 4.21. The van der Waals surface area contributed by atoms with E-state index in [9.17, 15) is 9.90 Å². The molecule has 4 nitrogen and oxygen atoms in total. The minimum Gasteiger partial charge on any atom is -0.450 e. The lowest BCUT2D eigenvalue weighted by Gasteiger charge is -2.26. The van der Waals surface area contributed by atoms with E-state index in [4.69, 9.17) is 4.74 Å². The van der Waals surface area contributed by atoms with Crippen molar-refractivity contribution >= 4 is 6.09 Å². The van der Waals surface area contributed by atoms with E-state index in [0.717, 1.165) is 25.7 Å². The third-order valence-electron chi connectivity index (χ3n) is 2.87. The van der Waals surface area contributed by atoms with Crippen molar-refractivity contribution < 1.29 is 14.6 Å². The van der Waals surface area contributed by atoms with Crippen molar-refractivity contribution in [1.29, 1.82) is 0 Å².